The van der Waals surface area contributed by atoms with Gasteiger partial charge in [0.15, 0.2) is 0 Å². The minimum Gasteiger partial charge on any atom is -0.494 e. The van der Waals surface area contributed by atoms with Crippen molar-refractivity contribution >= 4 is 5.97 Å². The molecular weight excluding hydrogens is 236 g/mol. The smallest absolute Gasteiger partial charge is 0.303 e. The largest absolute Gasteiger partial charge is 0.494 e. The van der Waals surface area contributed by atoms with Crippen molar-refractivity contribution in [1.29, 1.82) is 0 Å². The second-order valence-electron chi connectivity index (χ2n) is 3.65. The van der Waals surface area contributed by atoms with Crippen LogP contribution in [0.1, 0.15) is 12.0 Å². The summed E-state index contributed by atoms with van der Waals surface area (Å²) < 4.78 is 6.69. The van der Waals surface area contributed by atoms with Gasteiger partial charge >= 0.3 is 5.97 Å². The van der Waals surface area contributed by atoms with E-state index in [0.717, 1.165) is 5.56 Å². The van der Waals surface area contributed by atoms with Gasteiger partial charge in [-0.05, 0) is 34.5 Å². The van der Waals surface area contributed by atoms with Crippen LogP contribution in [0.25, 0.3) is 5.69 Å². The highest BCUT2D eigenvalue weighted by Gasteiger charge is 2.08. The van der Waals surface area contributed by atoms with Crippen molar-refractivity contribution in [2.24, 2.45) is 0 Å². The quantitative estimate of drug-likeness (QED) is 0.837. The van der Waals surface area contributed by atoms with E-state index >= 15 is 0 Å². The molecule has 0 spiro atoms. The Morgan fingerprint density at radius 3 is 2.94 bits per heavy atom. The number of tetrazole rings is 1. The van der Waals surface area contributed by atoms with E-state index in [0.29, 0.717) is 17.9 Å². The Labute approximate surface area is 103 Å². The molecule has 1 aromatic heterocycles. The first-order chi connectivity index (χ1) is 8.70. The lowest BCUT2D eigenvalue weighted by atomic mass is 10.1. The minimum absolute atomic E-state index is 0.0847. The monoisotopic (exact) mass is 248 g/mol. The Balaban J connectivity index is 2.31. The van der Waals surface area contributed by atoms with Gasteiger partial charge in [0.1, 0.15) is 17.8 Å². The Hall–Kier alpha value is -2.44. The summed E-state index contributed by atoms with van der Waals surface area (Å²) in [5.41, 5.74) is 1.58. The van der Waals surface area contributed by atoms with Crippen LogP contribution in [0.4, 0.5) is 0 Å². The summed E-state index contributed by atoms with van der Waals surface area (Å²) in [6.45, 7) is 0. The number of carbonyl (C=O) groups is 1. The number of aliphatic carboxylic acids is 1. The number of aryl methyl sites for hydroxylation is 1. The normalized spacial score (nSPS) is 10.3. The average molecular weight is 248 g/mol. The highest BCUT2D eigenvalue weighted by atomic mass is 16.5. The maximum atomic E-state index is 10.5. The van der Waals surface area contributed by atoms with Crippen LogP contribution in [-0.2, 0) is 11.2 Å². The fourth-order valence-electron chi connectivity index (χ4n) is 1.59. The summed E-state index contributed by atoms with van der Waals surface area (Å²) in [6.07, 6.45) is 1.99. The molecule has 2 aromatic rings. The number of hydrogen-bond acceptors (Lipinski definition) is 5. The van der Waals surface area contributed by atoms with Crippen molar-refractivity contribution in [2.45, 2.75) is 12.8 Å². The third-order valence-corrected chi connectivity index (χ3v) is 2.47. The summed E-state index contributed by atoms with van der Waals surface area (Å²) in [7, 11) is 1.56. The number of aromatic nitrogens is 4. The molecule has 7 heteroatoms. The first-order valence-corrected chi connectivity index (χ1v) is 5.33. The number of rotatable bonds is 5. The van der Waals surface area contributed by atoms with E-state index in [4.69, 9.17) is 9.84 Å². The Morgan fingerprint density at radius 2 is 2.33 bits per heavy atom. The summed E-state index contributed by atoms with van der Waals surface area (Å²) >= 11 is 0. The van der Waals surface area contributed by atoms with Crippen molar-refractivity contribution in [3.8, 4) is 11.4 Å². The van der Waals surface area contributed by atoms with E-state index in [9.17, 15) is 4.79 Å². The van der Waals surface area contributed by atoms with E-state index in [-0.39, 0.29) is 6.42 Å². The first kappa shape index (κ1) is 12.0. The van der Waals surface area contributed by atoms with E-state index in [1.54, 1.807) is 13.2 Å². The number of nitrogens with zero attached hydrogens (tertiary/aromatic N) is 4. The van der Waals surface area contributed by atoms with Gasteiger partial charge in [0, 0.05) is 6.42 Å². The third kappa shape index (κ3) is 2.62. The van der Waals surface area contributed by atoms with Crippen LogP contribution in [0.2, 0.25) is 0 Å². The van der Waals surface area contributed by atoms with E-state index in [1.807, 2.05) is 12.1 Å². The molecule has 1 aromatic carbocycles. The van der Waals surface area contributed by atoms with Crippen molar-refractivity contribution in [1.82, 2.24) is 20.2 Å². The van der Waals surface area contributed by atoms with Gasteiger partial charge in [-0.2, -0.15) is 4.68 Å². The molecule has 0 saturated carbocycles. The van der Waals surface area contributed by atoms with Gasteiger partial charge in [-0.25, -0.2) is 0 Å². The van der Waals surface area contributed by atoms with Crippen molar-refractivity contribution in [2.75, 3.05) is 7.11 Å². The molecule has 0 aliphatic rings. The molecule has 0 fully saturated rings. The molecule has 0 aliphatic carbocycles. The van der Waals surface area contributed by atoms with Crippen LogP contribution in [0.3, 0.4) is 0 Å². The zero-order valence-corrected chi connectivity index (χ0v) is 9.78. The van der Waals surface area contributed by atoms with Gasteiger partial charge in [-0.3, -0.25) is 4.79 Å². The second-order valence-corrected chi connectivity index (χ2v) is 3.65. The number of carboxylic acids is 1. The van der Waals surface area contributed by atoms with Crippen LogP contribution in [0, 0.1) is 0 Å². The lowest BCUT2D eigenvalue weighted by molar-refractivity contribution is -0.136. The van der Waals surface area contributed by atoms with Crippen LogP contribution >= 0.6 is 0 Å². The van der Waals surface area contributed by atoms with Gasteiger partial charge in [0.25, 0.3) is 0 Å². The van der Waals surface area contributed by atoms with Gasteiger partial charge in [-0.1, -0.05) is 6.07 Å². The molecule has 0 aliphatic heterocycles. The highest BCUT2D eigenvalue weighted by molar-refractivity contribution is 5.67. The molecular formula is C11H12N4O3. The SMILES string of the molecule is COc1ccc(CCC(=O)O)cc1-n1cnnn1. The molecule has 0 atom stereocenters. The van der Waals surface area contributed by atoms with E-state index < -0.39 is 5.97 Å². The van der Waals surface area contributed by atoms with Crippen molar-refractivity contribution in [3.63, 3.8) is 0 Å². The standard InChI is InChI=1S/C11H12N4O3/c1-18-10-4-2-8(3-5-11(16)17)6-9(10)15-7-12-13-14-15/h2,4,6-7H,3,5H2,1H3,(H,16,17). The Bertz CT molecular complexity index is 539. The predicted octanol–water partition coefficient (Wildman–Crippen LogP) is 0.688. The molecule has 0 amide bonds. The maximum Gasteiger partial charge on any atom is 0.303 e. The average Bonchev–Trinajstić information content (AvgIpc) is 2.89. The van der Waals surface area contributed by atoms with Gasteiger partial charge in [-0.15, -0.1) is 5.10 Å². The maximum absolute atomic E-state index is 10.5. The Kier molecular flexibility index (Phi) is 3.52. The fourth-order valence-corrected chi connectivity index (χ4v) is 1.59. The molecule has 0 unspecified atom stereocenters. The summed E-state index contributed by atoms with van der Waals surface area (Å²) in [5.74, 6) is -0.198. The molecule has 18 heavy (non-hydrogen) atoms. The van der Waals surface area contributed by atoms with Crippen molar-refractivity contribution < 1.29 is 14.6 Å². The lowest BCUT2D eigenvalue weighted by Gasteiger charge is -2.09. The summed E-state index contributed by atoms with van der Waals surface area (Å²) in [4.78, 5) is 10.5. The number of ether oxygens (including phenoxy) is 1. The number of methoxy groups -OCH3 is 1. The zero-order chi connectivity index (χ0) is 13.0. The first-order valence-electron chi connectivity index (χ1n) is 5.33. The number of hydrogen-bond donors (Lipinski definition) is 1. The van der Waals surface area contributed by atoms with E-state index in [2.05, 4.69) is 15.5 Å². The molecule has 2 rings (SSSR count). The van der Waals surface area contributed by atoms with Crippen LogP contribution in [0.5, 0.6) is 5.75 Å². The van der Waals surface area contributed by atoms with Crippen LogP contribution in [0.15, 0.2) is 24.5 Å². The van der Waals surface area contributed by atoms with Crippen LogP contribution < -0.4 is 4.74 Å². The van der Waals surface area contributed by atoms with Gasteiger partial charge in [0.2, 0.25) is 0 Å². The topological polar surface area (TPSA) is 90.1 Å². The summed E-state index contributed by atoms with van der Waals surface area (Å²) in [6, 6.07) is 5.42. The second kappa shape index (κ2) is 5.26. The number of carboxylic acid groups (broad SMARTS) is 1. The molecule has 0 saturated heterocycles. The van der Waals surface area contributed by atoms with Crippen LogP contribution in [-0.4, -0.2) is 38.4 Å². The van der Waals surface area contributed by atoms with Crippen molar-refractivity contribution in [3.05, 3.63) is 30.1 Å². The van der Waals surface area contributed by atoms with Gasteiger partial charge < -0.3 is 9.84 Å². The summed E-state index contributed by atoms with van der Waals surface area (Å²) in [5, 5.41) is 19.6. The number of benzene rings is 1. The molecule has 0 bridgehead atoms. The third-order valence-electron chi connectivity index (χ3n) is 2.47. The Morgan fingerprint density at radius 1 is 1.50 bits per heavy atom. The predicted molar refractivity (Wildman–Crippen MR) is 61.7 cm³/mol. The lowest BCUT2D eigenvalue weighted by Crippen LogP contribution is -2.02. The zero-order valence-electron chi connectivity index (χ0n) is 9.78. The van der Waals surface area contributed by atoms with E-state index in [1.165, 1.54) is 11.0 Å². The molecule has 0 radical (unpaired) electrons. The molecule has 7 nitrogen and oxygen atoms in total. The molecule has 1 heterocycles. The minimum atomic E-state index is -0.824. The highest BCUT2D eigenvalue weighted by Crippen LogP contribution is 2.23. The van der Waals surface area contributed by atoms with Gasteiger partial charge in [0.05, 0.1) is 7.11 Å². The molecule has 94 valence electrons. The molecule has 1 N–H and O–H groups in total. The fraction of sp³-hybridized carbons (Fsp3) is 0.273.